The number of nitrogens with one attached hydrogen (secondary N) is 1. The van der Waals surface area contributed by atoms with Crippen molar-refractivity contribution in [3.63, 3.8) is 0 Å². The highest BCUT2D eigenvalue weighted by Gasteiger charge is 2.14. The van der Waals surface area contributed by atoms with E-state index in [4.69, 9.17) is 0 Å². The molecule has 0 bridgehead atoms. The van der Waals surface area contributed by atoms with Crippen LogP contribution < -0.4 is 5.32 Å². The average molecular weight is 365 g/mol. The average Bonchev–Trinajstić information content (AvgIpc) is 3.05. The lowest BCUT2D eigenvalue weighted by Crippen LogP contribution is -2.14. The number of amides is 1. The number of rotatable bonds is 4. The van der Waals surface area contributed by atoms with E-state index in [1.54, 1.807) is 0 Å². The zero-order valence-corrected chi connectivity index (χ0v) is 16.5. The highest BCUT2D eigenvalue weighted by molar-refractivity contribution is 7.10. The predicted octanol–water partition coefficient (Wildman–Crippen LogP) is 5.60. The second-order valence-electron chi connectivity index (χ2n) is 7.49. The van der Waals surface area contributed by atoms with E-state index in [0.717, 1.165) is 27.5 Å². The second-order valence-corrected chi connectivity index (χ2v) is 8.44. The van der Waals surface area contributed by atoms with Gasteiger partial charge >= 0.3 is 0 Å². The summed E-state index contributed by atoms with van der Waals surface area (Å²) in [5, 5.41) is 5.80. The number of thiazole rings is 1. The van der Waals surface area contributed by atoms with Crippen LogP contribution in [-0.2, 0) is 16.6 Å². The number of carbonyl (C=O) groups excluding carboxylic acids is 1. The standard InChI is InChI=1S/C22H24N2OS/c1-15-7-5-6-8-18(15)23-20(25)13-21-24-19(14-26-21)16-9-11-17(12-10-16)22(2,3)4/h5-12,14H,13H2,1-4H3,(H,23,25). The zero-order chi connectivity index (χ0) is 18.7. The minimum Gasteiger partial charge on any atom is -0.325 e. The molecule has 0 radical (unpaired) electrons. The van der Waals surface area contributed by atoms with Gasteiger partial charge < -0.3 is 5.32 Å². The molecule has 0 spiro atoms. The van der Waals surface area contributed by atoms with Crippen LogP contribution >= 0.6 is 11.3 Å². The lowest BCUT2D eigenvalue weighted by atomic mass is 9.86. The quantitative estimate of drug-likeness (QED) is 0.655. The van der Waals surface area contributed by atoms with Crippen molar-refractivity contribution in [2.24, 2.45) is 0 Å². The van der Waals surface area contributed by atoms with Crippen molar-refractivity contribution >= 4 is 22.9 Å². The molecule has 0 saturated heterocycles. The van der Waals surface area contributed by atoms with E-state index in [2.05, 4.69) is 55.3 Å². The van der Waals surface area contributed by atoms with Gasteiger partial charge in [0.15, 0.2) is 0 Å². The van der Waals surface area contributed by atoms with E-state index in [-0.39, 0.29) is 11.3 Å². The Morgan fingerprint density at radius 2 is 1.77 bits per heavy atom. The molecule has 26 heavy (non-hydrogen) atoms. The fourth-order valence-corrected chi connectivity index (χ4v) is 3.51. The summed E-state index contributed by atoms with van der Waals surface area (Å²) in [5.74, 6) is -0.0386. The van der Waals surface area contributed by atoms with Gasteiger partial charge in [0.05, 0.1) is 12.1 Å². The summed E-state index contributed by atoms with van der Waals surface area (Å²) in [6.45, 7) is 8.60. The number of hydrogen-bond donors (Lipinski definition) is 1. The smallest absolute Gasteiger partial charge is 0.231 e. The first-order valence-corrected chi connectivity index (χ1v) is 9.62. The zero-order valence-electron chi connectivity index (χ0n) is 15.7. The van der Waals surface area contributed by atoms with Crippen LogP contribution in [0.5, 0.6) is 0 Å². The molecular formula is C22H24N2OS. The largest absolute Gasteiger partial charge is 0.325 e. The molecule has 3 nitrogen and oxygen atoms in total. The number of hydrogen-bond acceptors (Lipinski definition) is 3. The normalized spacial score (nSPS) is 11.4. The number of anilines is 1. The maximum Gasteiger partial charge on any atom is 0.231 e. The van der Waals surface area contributed by atoms with Crippen LogP contribution in [0.25, 0.3) is 11.3 Å². The van der Waals surface area contributed by atoms with Crippen molar-refractivity contribution in [1.82, 2.24) is 4.98 Å². The predicted molar refractivity (Wildman–Crippen MR) is 110 cm³/mol. The monoisotopic (exact) mass is 364 g/mol. The molecule has 0 saturated carbocycles. The summed E-state index contributed by atoms with van der Waals surface area (Å²) in [6.07, 6.45) is 0.291. The Kier molecular flexibility index (Phi) is 5.23. The number of aryl methyl sites for hydroxylation is 1. The second kappa shape index (κ2) is 7.42. The number of benzene rings is 2. The summed E-state index contributed by atoms with van der Waals surface area (Å²) in [4.78, 5) is 16.9. The fourth-order valence-electron chi connectivity index (χ4n) is 2.71. The molecule has 0 aliphatic rings. The van der Waals surface area contributed by atoms with Crippen molar-refractivity contribution in [1.29, 1.82) is 0 Å². The highest BCUT2D eigenvalue weighted by Crippen LogP contribution is 2.27. The topological polar surface area (TPSA) is 42.0 Å². The Hall–Kier alpha value is -2.46. The van der Waals surface area contributed by atoms with Gasteiger partial charge in [-0.2, -0.15) is 0 Å². The molecule has 1 amide bonds. The third-order valence-corrected chi connectivity index (χ3v) is 5.18. The van der Waals surface area contributed by atoms with Crippen LogP contribution in [0.15, 0.2) is 53.9 Å². The van der Waals surface area contributed by atoms with E-state index in [0.29, 0.717) is 6.42 Å². The summed E-state index contributed by atoms with van der Waals surface area (Å²) >= 11 is 1.53. The van der Waals surface area contributed by atoms with Gasteiger partial charge in [-0.1, -0.05) is 63.2 Å². The van der Waals surface area contributed by atoms with Crippen LogP contribution in [0.2, 0.25) is 0 Å². The number of nitrogens with zero attached hydrogens (tertiary/aromatic N) is 1. The third kappa shape index (κ3) is 4.38. The van der Waals surface area contributed by atoms with Gasteiger partial charge in [-0.05, 0) is 29.5 Å². The maximum atomic E-state index is 12.3. The molecule has 1 heterocycles. The summed E-state index contributed by atoms with van der Waals surface area (Å²) in [7, 11) is 0. The van der Waals surface area contributed by atoms with Crippen LogP contribution in [0.4, 0.5) is 5.69 Å². The summed E-state index contributed by atoms with van der Waals surface area (Å²) < 4.78 is 0. The molecule has 0 fully saturated rings. The number of aromatic nitrogens is 1. The Labute approximate surface area is 159 Å². The molecule has 4 heteroatoms. The maximum absolute atomic E-state index is 12.3. The molecule has 3 aromatic rings. The Balaban J connectivity index is 1.68. The first-order chi connectivity index (χ1) is 12.3. The van der Waals surface area contributed by atoms with Crippen molar-refractivity contribution < 1.29 is 4.79 Å². The first kappa shape index (κ1) is 18.3. The molecule has 3 rings (SSSR count). The Bertz CT molecular complexity index is 904. The van der Waals surface area contributed by atoms with E-state index in [1.165, 1.54) is 16.9 Å². The molecule has 0 atom stereocenters. The molecule has 0 aliphatic heterocycles. The van der Waals surface area contributed by atoms with Crippen molar-refractivity contribution in [2.75, 3.05) is 5.32 Å². The van der Waals surface area contributed by atoms with Crippen LogP contribution in [0.3, 0.4) is 0 Å². The molecule has 0 unspecified atom stereocenters. The number of carbonyl (C=O) groups is 1. The van der Waals surface area contributed by atoms with E-state index in [9.17, 15) is 4.79 Å². The minimum atomic E-state index is -0.0386. The van der Waals surface area contributed by atoms with Gasteiger partial charge in [0.2, 0.25) is 5.91 Å². The SMILES string of the molecule is Cc1ccccc1NC(=O)Cc1nc(-c2ccc(C(C)(C)C)cc2)cs1. The minimum absolute atomic E-state index is 0.0386. The van der Waals surface area contributed by atoms with Gasteiger partial charge in [0, 0.05) is 16.6 Å². The van der Waals surface area contributed by atoms with Crippen LogP contribution in [0.1, 0.15) is 36.9 Å². The van der Waals surface area contributed by atoms with Gasteiger partial charge in [-0.25, -0.2) is 4.98 Å². The van der Waals surface area contributed by atoms with Gasteiger partial charge in [-0.15, -0.1) is 11.3 Å². The molecule has 1 aromatic heterocycles. The Morgan fingerprint density at radius 3 is 2.42 bits per heavy atom. The molecular weight excluding hydrogens is 340 g/mol. The fraction of sp³-hybridized carbons (Fsp3) is 0.273. The van der Waals surface area contributed by atoms with Gasteiger partial charge in [-0.3, -0.25) is 4.79 Å². The molecule has 134 valence electrons. The Morgan fingerprint density at radius 1 is 1.08 bits per heavy atom. The molecule has 1 N–H and O–H groups in total. The van der Waals surface area contributed by atoms with Crippen molar-refractivity contribution in [2.45, 2.75) is 39.5 Å². The molecule has 2 aromatic carbocycles. The summed E-state index contributed by atoms with van der Waals surface area (Å²) in [6, 6.07) is 16.3. The third-order valence-electron chi connectivity index (χ3n) is 4.33. The van der Waals surface area contributed by atoms with Crippen LogP contribution in [0, 0.1) is 6.92 Å². The lowest BCUT2D eigenvalue weighted by Gasteiger charge is -2.18. The van der Waals surface area contributed by atoms with E-state index >= 15 is 0 Å². The van der Waals surface area contributed by atoms with Crippen molar-refractivity contribution in [3.05, 3.63) is 70.0 Å². The van der Waals surface area contributed by atoms with Crippen LogP contribution in [-0.4, -0.2) is 10.9 Å². The number of para-hydroxylation sites is 1. The van der Waals surface area contributed by atoms with Gasteiger partial charge in [0.1, 0.15) is 5.01 Å². The van der Waals surface area contributed by atoms with Crippen molar-refractivity contribution in [3.8, 4) is 11.3 Å². The highest BCUT2D eigenvalue weighted by atomic mass is 32.1. The van der Waals surface area contributed by atoms with E-state index < -0.39 is 0 Å². The first-order valence-electron chi connectivity index (χ1n) is 8.74. The lowest BCUT2D eigenvalue weighted by molar-refractivity contribution is -0.115. The van der Waals surface area contributed by atoms with Gasteiger partial charge in [0.25, 0.3) is 0 Å². The van der Waals surface area contributed by atoms with E-state index in [1.807, 2.05) is 36.6 Å². The summed E-state index contributed by atoms with van der Waals surface area (Å²) in [5.41, 5.74) is 5.36. The molecule has 0 aliphatic carbocycles.